The molecule has 5 nitrogen and oxygen atoms in total. The predicted molar refractivity (Wildman–Crippen MR) is 73.6 cm³/mol. The molecule has 2 rings (SSSR count). The molecule has 2 heterocycles. The first kappa shape index (κ1) is 12.9. The van der Waals surface area contributed by atoms with E-state index in [1.165, 1.54) is 6.42 Å². The standard InChI is InChI=1S/C13H23N5/c1-13(2)4-7-18(10-13)12(14-3)16-6-9-17-8-5-15-11-17/h5,8,11H,4,6-7,9-10H2,1-3H3,(H,14,16). The predicted octanol–water partition coefficient (Wildman–Crippen LogP) is 1.19. The molecule has 1 aliphatic rings. The quantitative estimate of drug-likeness (QED) is 0.646. The van der Waals surface area contributed by atoms with Crippen LogP contribution in [0.25, 0.3) is 0 Å². The van der Waals surface area contributed by atoms with E-state index in [1.807, 2.05) is 19.6 Å². The molecule has 0 spiro atoms. The van der Waals surface area contributed by atoms with E-state index >= 15 is 0 Å². The third kappa shape index (κ3) is 3.24. The highest BCUT2D eigenvalue weighted by Gasteiger charge is 2.30. The Morgan fingerprint density at radius 3 is 2.89 bits per heavy atom. The van der Waals surface area contributed by atoms with Crippen molar-refractivity contribution in [1.82, 2.24) is 19.8 Å². The molecule has 0 bridgehead atoms. The largest absolute Gasteiger partial charge is 0.354 e. The summed E-state index contributed by atoms with van der Waals surface area (Å²) < 4.78 is 2.06. The molecule has 1 aliphatic heterocycles. The smallest absolute Gasteiger partial charge is 0.193 e. The molecule has 0 unspecified atom stereocenters. The minimum Gasteiger partial charge on any atom is -0.354 e. The highest BCUT2D eigenvalue weighted by molar-refractivity contribution is 5.80. The number of hydrogen-bond donors (Lipinski definition) is 1. The molecular weight excluding hydrogens is 226 g/mol. The van der Waals surface area contributed by atoms with Crippen molar-refractivity contribution in [2.24, 2.45) is 10.4 Å². The number of likely N-dealkylation sites (tertiary alicyclic amines) is 1. The second kappa shape index (κ2) is 5.42. The van der Waals surface area contributed by atoms with Gasteiger partial charge in [0.25, 0.3) is 0 Å². The second-order valence-electron chi connectivity index (χ2n) is 5.61. The van der Waals surface area contributed by atoms with Gasteiger partial charge in [-0.2, -0.15) is 0 Å². The van der Waals surface area contributed by atoms with Crippen molar-refractivity contribution in [3.8, 4) is 0 Å². The van der Waals surface area contributed by atoms with Crippen LogP contribution in [0.4, 0.5) is 0 Å². The normalized spacial score (nSPS) is 19.3. The Balaban J connectivity index is 1.80. The number of hydrogen-bond acceptors (Lipinski definition) is 2. The molecule has 0 atom stereocenters. The maximum absolute atomic E-state index is 4.36. The molecule has 18 heavy (non-hydrogen) atoms. The van der Waals surface area contributed by atoms with Gasteiger partial charge in [0.2, 0.25) is 0 Å². The summed E-state index contributed by atoms with van der Waals surface area (Å²) in [6.45, 7) is 8.59. The topological polar surface area (TPSA) is 45.5 Å². The number of aliphatic imine (C=N–C) groups is 1. The van der Waals surface area contributed by atoms with E-state index in [1.54, 1.807) is 6.20 Å². The fourth-order valence-corrected chi connectivity index (χ4v) is 2.34. The molecule has 0 aliphatic carbocycles. The summed E-state index contributed by atoms with van der Waals surface area (Å²) in [5.41, 5.74) is 0.405. The molecule has 0 saturated carbocycles. The number of imidazole rings is 1. The lowest BCUT2D eigenvalue weighted by Crippen LogP contribution is -2.41. The van der Waals surface area contributed by atoms with Gasteiger partial charge in [-0.25, -0.2) is 4.98 Å². The molecule has 1 aromatic rings. The molecular formula is C13H23N5. The average molecular weight is 249 g/mol. The maximum atomic E-state index is 4.36. The summed E-state index contributed by atoms with van der Waals surface area (Å²) in [4.78, 5) is 10.7. The van der Waals surface area contributed by atoms with Crippen LogP contribution in [0.5, 0.6) is 0 Å². The van der Waals surface area contributed by atoms with Gasteiger partial charge in [0.05, 0.1) is 6.33 Å². The van der Waals surface area contributed by atoms with E-state index in [-0.39, 0.29) is 0 Å². The Bertz CT molecular complexity index is 394. The Morgan fingerprint density at radius 2 is 2.33 bits per heavy atom. The van der Waals surface area contributed by atoms with Crippen LogP contribution < -0.4 is 5.32 Å². The van der Waals surface area contributed by atoms with Crippen LogP contribution in [0.15, 0.2) is 23.7 Å². The first-order valence-corrected chi connectivity index (χ1v) is 6.52. The molecule has 1 N–H and O–H groups in total. The van der Waals surface area contributed by atoms with Crippen LogP contribution >= 0.6 is 0 Å². The van der Waals surface area contributed by atoms with Crippen LogP contribution in [-0.2, 0) is 6.54 Å². The number of aromatic nitrogens is 2. The van der Waals surface area contributed by atoms with Crippen molar-refractivity contribution in [1.29, 1.82) is 0 Å². The Hall–Kier alpha value is -1.52. The summed E-state index contributed by atoms with van der Waals surface area (Å²) >= 11 is 0. The molecule has 0 radical (unpaired) electrons. The summed E-state index contributed by atoms with van der Waals surface area (Å²) in [6, 6.07) is 0. The lowest BCUT2D eigenvalue weighted by atomic mass is 9.93. The van der Waals surface area contributed by atoms with Crippen LogP contribution in [0.2, 0.25) is 0 Å². The summed E-state index contributed by atoms with van der Waals surface area (Å²) in [6.07, 6.45) is 6.85. The summed E-state index contributed by atoms with van der Waals surface area (Å²) in [5, 5.41) is 3.41. The Morgan fingerprint density at radius 1 is 1.50 bits per heavy atom. The molecule has 1 saturated heterocycles. The molecule has 5 heteroatoms. The summed E-state index contributed by atoms with van der Waals surface area (Å²) in [5.74, 6) is 1.01. The van der Waals surface area contributed by atoms with Gasteiger partial charge < -0.3 is 14.8 Å². The van der Waals surface area contributed by atoms with Crippen LogP contribution in [0.3, 0.4) is 0 Å². The minimum absolute atomic E-state index is 0.405. The maximum Gasteiger partial charge on any atom is 0.193 e. The SMILES string of the molecule is CN=C(NCCn1ccnc1)N1CCC(C)(C)C1. The van der Waals surface area contributed by atoms with Gasteiger partial charge in [0.15, 0.2) is 5.96 Å². The van der Waals surface area contributed by atoms with E-state index in [4.69, 9.17) is 0 Å². The van der Waals surface area contributed by atoms with Gasteiger partial charge in [-0.3, -0.25) is 4.99 Å². The third-order valence-electron chi connectivity index (χ3n) is 3.40. The minimum atomic E-state index is 0.405. The van der Waals surface area contributed by atoms with E-state index in [9.17, 15) is 0 Å². The van der Waals surface area contributed by atoms with Crippen molar-refractivity contribution in [3.05, 3.63) is 18.7 Å². The van der Waals surface area contributed by atoms with Crippen molar-refractivity contribution in [2.45, 2.75) is 26.8 Å². The lowest BCUT2D eigenvalue weighted by Gasteiger charge is -2.23. The van der Waals surface area contributed by atoms with Gasteiger partial charge in [-0.15, -0.1) is 0 Å². The first-order chi connectivity index (χ1) is 8.61. The lowest BCUT2D eigenvalue weighted by molar-refractivity contribution is 0.370. The van der Waals surface area contributed by atoms with Crippen molar-refractivity contribution in [3.63, 3.8) is 0 Å². The zero-order valence-electron chi connectivity index (χ0n) is 11.6. The fraction of sp³-hybridized carbons (Fsp3) is 0.692. The van der Waals surface area contributed by atoms with Crippen LogP contribution in [0.1, 0.15) is 20.3 Å². The molecule has 1 aromatic heterocycles. The van der Waals surface area contributed by atoms with E-state index in [0.717, 1.165) is 32.1 Å². The van der Waals surface area contributed by atoms with Crippen molar-refractivity contribution in [2.75, 3.05) is 26.7 Å². The third-order valence-corrected chi connectivity index (χ3v) is 3.40. The first-order valence-electron chi connectivity index (χ1n) is 6.52. The van der Waals surface area contributed by atoms with Crippen molar-refractivity contribution < 1.29 is 0 Å². The second-order valence-corrected chi connectivity index (χ2v) is 5.61. The molecule has 1 fully saturated rings. The number of nitrogens with one attached hydrogen (secondary N) is 1. The number of rotatable bonds is 3. The van der Waals surface area contributed by atoms with Gasteiger partial charge >= 0.3 is 0 Å². The van der Waals surface area contributed by atoms with E-state index in [2.05, 4.69) is 38.6 Å². The van der Waals surface area contributed by atoms with Crippen LogP contribution in [0, 0.1) is 5.41 Å². The van der Waals surface area contributed by atoms with Gasteiger partial charge in [-0.1, -0.05) is 13.8 Å². The monoisotopic (exact) mass is 249 g/mol. The van der Waals surface area contributed by atoms with Crippen molar-refractivity contribution >= 4 is 5.96 Å². The zero-order chi connectivity index (χ0) is 13.0. The Kier molecular flexibility index (Phi) is 3.89. The average Bonchev–Trinajstić information content (AvgIpc) is 2.94. The fourth-order valence-electron chi connectivity index (χ4n) is 2.34. The van der Waals surface area contributed by atoms with Gasteiger partial charge in [0.1, 0.15) is 0 Å². The highest BCUT2D eigenvalue weighted by Crippen LogP contribution is 2.28. The van der Waals surface area contributed by atoms with E-state index in [0.29, 0.717) is 5.41 Å². The molecule has 0 amide bonds. The zero-order valence-corrected chi connectivity index (χ0v) is 11.6. The number of guanidine groups is 1. The van der Waals surface area contributed by atoms with Gasteiger partial charge in [-0.05, 0) is 11.8 Å². The Labute approximate surface area is 109 Å². The van der Waals surface area contributed by atoms with Crippen LogP contribution in [-0.4, -0.2) is 47.1 Å². The van der Waals surface area contributed by atoms with E-state index < -0.39 is 0 Å². The van der Waals surface area contributed by atoms with Gasteiger partial charge in [0, 0.05) is 45.6 Å². The highest BCUT2D eigenvalue weighted by atomic mass is 15.3. The summed E-state index contributed by atoms with van der Waals surface area (Å²) in [7, 11) is 1.85. The molecule has 100 valence electrons. The molecule has 0 aromatic carbocycles. The number of nitrogens with zero attached hydrogens (tertiary/aromatic N) is 4.